The molecule has 0 N–H and O–H groups in total. The van der Waals surface area contributed by atoms with Gasteiger partial charge >= 0.3 is 0 Å². The lowest BCUT2D eigenvalue weighted by Gasteiger charge is -2.08. The van der Waals surface area contributed by atoms with Crippen molar-refractivity contribution in [2.75, 3.05) is 0 Å². The average molecular weight is 253 g/mol. The third-order valence-electron chi connectivity index (χ3n) is 2.82. The molecule has 1 aliphatic rings. The maximum absolute atomic E-state index is 11.8. The molecular weight excluding hydrogens is 240 g/mol. The van der Waals surface area contributed by atoms with Crippen LogP contribution in [0.4, 0.5) is 0 Å². The summed E-state index contributed by atoms with van der Waals surface area (Å²) in [6, 6.07) is 4.06. The van der Waals surface area contributed by atoms with Crippen molar-refractivity contribution in [3.05, 3.63) is 33.3 Å². The summed E-state index contributed by atoms with van der Waals surface area (Å²) in [6.07, 6.45) is 3.94. The van der Waals surface area contributed by atoms with Crippen molar-refractivity contribution in [2.24, 2.45) is 0 Å². The van der Waals surface area contributed by atoms with Crippen molar-refractivity contribution in [1.82, 2.24) is 0 Å². The monoisotopic (exact) mass is 252 g/mol. The number of ketones is 1. The molecule has 0 aromatic heterocycles. The second-order valence-corrected chi connectivity index (χ2v) is 4.79. The van der Waals surface area contributed by atoms with Gasteiger partial charge in [0.1, 0.15) is 0 Å². The molecule has 1 nitrogen and oxygen atoms in total. The summed E-state index contributed by atoms with van der Waals surface area (Å²) in [5, 5.41) is 0. The number of Topliss-reactive ketones (excluding diaryl/α,β-unsaturated/α-hetero) is 1. The standard InChI is InChI=1S/C12H13BrO/c1-8-6-9(13)7-11-10(8)4-2-3-5-12(11)14/h6-7H,2-5H2,1H3. The normalized spacial score (nSPS) is 16.3. The van der Waals surface area contributed by atoms with E-state index in [0.29, 0.717) is 12.2 Å². The summed E-state index contributed by atoms with van der Waals surface area (Å²) in [6.45, 7) is 2.09. The minimum Gasteiger partial charge on any atom is -0.294 e. The fourth-order valence-corrected chi connectivity index (χ4v) is 2.65. The summed E-state index contributed by atoms with van der Waals surface area (Å²) in [5.74, 6) is 0.307. The van der Waals surface area contributed by atoms with Gasteiger partial charge in [0.15, 0.2) is 5.78 Å². The first-order chi connectivity index (χ1) is 6.68. The van der Waals surface area contributed by atoms with E-state index >= 15 is 0 Å². The van der Waals surface area contributed by atoms with Crippen LogP contribution in [0.1, 0.15) is 40.7 Å². The topological polar surface area (TPSA) is 17.1 Å². The fourth-order valence-electron chi connectivity index (χ4n) is 2.08. The molecule has 0 unspecified atom stereocenters. The van der Waals surface area contributed by atoms with Crippen LogP contribution < -0.4 is 0 Å². The van der Waals surface area contributed by atoms with Crippen molar-refractivity contribution in [1.29, 1.82) is 0 Å². The van der Waals surface area contributed by atoms with E-state index in [1.54, 1.807) is 0 Å². The van der Waals surface area contributed by atoms with Gasteiger partial charge in [-0.25, -0.2) is 0 Å². The number of rotatable bonds is 0. The van der Waals surface area contributed by atoms with Gasteiger partial charge in [-0.05, 0) is 49.4 Å². The first-order valence-corrected chi connectivity index (χ1v) is 5.80. The van der Waals surface area contributed by atoms with Gasteiger partial charge in [-0.15, -0.1) is 0 Å². The summed E-state index contributed by atoms with van der Waals surface area (Å²) in [5.41, 5.74) is 3.44. The summed E-state index contributed by atoms with van der Waals surface area (Å²) in [7, 11) is 0. The molecule has 0 aliphatic heterocycles. The second kappa shape index (κ2) is 3.85. The first kappa shape index (κ1) is 9.91. The quantitative estimate of drug-likeness (QED) is 0.645. The highest BCUT2D eigenvalue weighted by Gasteiger charge is 2.17. The predicted molar refractivity (Wildman–Crippen MR) is 60.8 cm³/mol. The molecule has 2 rings (SSSR count). The van der Waals surface area contributed by atoms with Crippen molar-refractivity contribution in [2.45, 2.75) is 32.6 Å². The number of hydrogen-bond acceptors (Lipinski definition) is 1. The van der Waals surface area contributed by atoms with Crippen LogP contribution in [-0.4, -0.2) is 5.78 Å². The number of carbonyl (C=O) groups excluding carboxylic acids is 1. The number of carbonyl (C=O) groups is 1. The predicted octanol–water partition coefficient (Wildman–Crippen LogP) is 3.67. The van der Waals surface area contributed by atoms with Crippen LogP contribution in [0.15, 0.2) is 16.6 Å². The van der Waals surface area contributed by atoms with Gasteiger partial charge in [0.05, 0.1) is 0 Å². The van der Waals surface area contributed by atoms with Gasteiger partial charge < -0.3 is 0 Å². The molecular formula is C12H13BrO. The molecule has 0 fully saturated rings. The number of benzene rings is 1. The van der Waals surface area contributed by atoms with Crippen LogP contribution in [0, 0.1) is 6.92 Å². The highest BCUT2D eigenvalue weighted by atomic mass is 79.9. The van der Waals surface area contributed by atoms with Crippen LogP contribution >= 0.6 is 15.9 Å². The third-order valence-corrected chi connectivity index (χ3v) is 3.28. The zero-order valence-corrected chi connectivity index (χ0v) is 9.86. The lowest BCUT2D eigenvalue weighted by atomic mass is 9.97. The lowest BCUT2D eigenvalue weighted by molar-refractivity contribution is 0.0982. The molecule has 0 heterocycles. The molecule has 74 valence electrons. The van der Waals surface area contributed by atoms with Gasteiger partial charge in [-0.1, -0.05) is 15.9 Å². The van der Waals surface area contributed by atoms with Crippen molar-refractivity contribution >= 4 is 21.7 Å². The van der Waals surface area contributed by atoms with E-state index in [2.05, 4.69) is 28.9 Å². The van der Waals surface area contributed by atoms with E-state index in [9.17, 15) is 4.79 Å². The third kappa shape index (κ3) is 1.76. The second-order valence-electron chi connectivity index (χ2n) is 3.88. The van der Waals surface area contributed by atoms with E-state index in [1.807, 2.05) is 6.07 Å². The molecule has 1 aromatic carbocycles. The van der Waals surface area contributed by atoms with E-state index < -0.39 is 0 Å². The van der Waals surface area contributed by atoms with E-state index in [1.165, 1.54) is 11.1 Å². The van der Waals surface area contributed by atoms with Crippen LogP contribution in [0.5, 0.6) is 0 Å². The molecule has 1 aromatic rings. The Hall–Kier alpha value is -0.630. The molecule has 1 aliphatic carbocycles. The smallest absolute Gasteiger partial charge is 0.163 e. The molecule has 0 saturated carbocycles. The highest BCUT2D eigenvalue weighted by Crippen LogP contribution is 2.27. The molecule has 2 heteroatoms. The van der Waals surface area contributed by atoms with Crippen molar-refractivity contribution in [3.8, 4) is 0 Å². The lowest BCUT2D eigenvalue weighted by Crippen LogP contribution is -2.02. The molecule has 14 heavy (non-hydrogen) atoms. The molecule has 0 atom stereocenters. The van der Waals surface area contributed by atoms with Gasteiger partial charge in [-0.2, -0.15) is 0 Å². The SMILES string of the molecule is Cc1cc(Br)cc2c1CCCCC2=O. The number of fused-ring (bicyclic) bond motifs is 1. The Morgan fingerprint density at radius 2 is 1.93 bits per heavy atom. The van der Waals surface area contributed by atoms with E-state index in [4.69, 9.17) is 0 Å². The largest absolute Gasteiger partial charge is 0.294 e. The Labute approximate surface area is 92.6 Å². The molecule has 0 bridgehead atoms. The maximum atomic E-state index is 11.8. The number of hydrogen-bond donors (Lipinski definition) is 0. The molecule has 0 saturated heterocycles. The number of aryl methyl sites for hydroxylation is 1. The minimum atomic E-state index is 0.307. The molecule has 0 spiro atoms. The fraction of sp³-hybridized carbons (Fsp3) is 0.417. The van der Waals surface area contributed by atoms with Crippen molar-refractivity contribution < 1.29 is 4.79 Å². The van der Waals surface area contributed by atoms with Crippen LogP contribution in [0.3, 0.4) is 0 Å². The van der Waals surface area contributed by atoms with Crippen LogP contribution in [0.2, 0.25) is 0 Å². The van der Waals surface area contributed by atoms with E-state index in [-0.39, 0.29) is 0 Å². The zero-order chi connectivity index (χ0) is 10.1. The Morgan fingerprint density at radius 3 is 2.71 bits per heavy atom. The summed E-state index contributed by atoms with van der Waals surface area (Å²) in [4.78, 5) is 11.8. The first-order valence-electron chi connectivity index (χ1n) is 5.00. The minimum absolute atomic E-state index is 0.307. The summed E-state index contributed by atoms with van der Waals surface area (Å²) >= 11 is 3.44. The zero-order valence-electron chi connectivity index (χ0n) is 8.27. The molecule has 0 amide bonds. The van der Waals surface area contributed by atoms with Gasteiger partial charge in [-0.3, -0.25) is 4.79 Å². The van der Waals surface area contributed by atoms with Crippen LogP contribution in [0.25, 0.3) is 0 Å². The Kier molecular flexibility index (Phi) is 2.73. The average Bonchev–Trinajstić information content (AvgIpc) is 2.29. The van der Waals surface area contributed by atoms with Crippen LogP contribution in [-0.2, 0) is 6.42 Å². The van der Waals surface area contributed by atoms with Gasteiger partial charge in [0, 0.05) is 16.5 Å². The maximum Gasteiger partial charge on any atom is 0.163 e. The highest BCUT2D eigenvalue weighted by molar-refractivity contribution is 9.10. The number of halogens is 1. The Morgan fingerprint density at radius 1 is 1.21 bits per heavy atom. The Balaban J connectivity index is 2.58. The molecule has 0 radical (unpaired) electrons. The van der Waals surface area contributed by atoms with Gasteiger partial charge in [0.25, 0.3) is 0 Å². The summed E-state index contributed by atoms with van der Waals surface area (Å²) < 4.78 is 1.02. The van der Waals surface area contributed by atoms with Crippen molar-refractivity contribution in [3.63, 3.8) is 0 Å². The van der Waals surface area contributed by atoms with E-state index in [0.717, 1.165) is 29.3 Å². The van der Waals surface area contributed by atoms with Gasteiger partial charge in [0.2, 0.25) is 0 Å². The Bertz CT molecular complexity index is 382.